The molecule has 1 aliphatic rings. The van der Waals surface area contributed by atoms with Crippen molar-refractivity contribution in [2.75, 3.05) is 12.1 Å². The number of carboxylic acid groups (broad SMARTS) is 1. The smallest absolute Gasteiger partial charge is 0.335 e. The monoisotopic (exact) mass is 512 g/mol. The molecule has 14 heteroatoms. The number of nitrogen functional groups attached to an aromatic ring is 1. The van der Waals surface area contributed by atoms with Crippen molar-refractivity contribution in [1.29, 1.82) is 0 Å². The van der Waals surface area contributed by atoms with Gasteiger partial charge < -0.3 is 29.4 Å². The minimum Gasteiger partial charge on any atom is -0.480 e. The zero-order valence-electron chi connectivity index (χ0n) is 20.3. The topological polar surface area (TPSA) is 181 Å². The Morgan fingerprint density at radius 2 is 1.97 bits per heavy atom. The van der Waals surface area contributed by atoms with Crippen LogP contribution in [0.3, 0.4) is 0 Å². The fraction of sp³-hybridized carbons (Fsp3) is 0.667. The second-order valence-electron chi connectivity index (χ2n) is 9.24. The molecule has 4 N–H and O–H groups in total. The van der Waals surface area contributed by atoms with Crippen molar-refractivity contribution in [2.45, 2.75) is 83.8 Å². The third-order valence-corrected chi connectivity index (χ3v) is 7.69. The fourth-order valence-electron chi connectivity index (χ4n) is 3.71. The molecule has 2 aromatic rings. The molecule has 0 saturated heterocycles. The minimum atomic E-state index is -3.97. The van der Waals surface area contributed by atoms with Crippen molar-refractivity contribution in [3.63, 3.8) is 0 Å². The van der Waals surface area contributed by atoms with Crippen LogP contribution in [-0.2, 0) is 34.7 Å². The van der Waals surface area contributed by atoms with Crippen molar-refractivity contribution < 1.29 is 33.3 Å². The second-order valence-corrected chi connectivity index (χ2v) is 11.3. The van der Waals surface area contributed by atoms with Crippen LogP contribution in [-0.4, -0.2) is 66.8 Å². The molecule has 2 aromatic heterocycles. The van der Waals surface area contributed by atoms with Gasteiger partial charge in [-0.15, -0.1) is 0 Å². The quantitative estimate of drug-likeness (QED) is 0.279. The Labute approximate surface area is 203 Å². The summed E-state index contributed by atoms with van der Waals surface area (Å²) in [7, 11) is -3.97. The van der Waals surface area contributed by atoms with Crippen molar-refractivity contribution in [1.82, 2.24) is 24.6 Å². The number of ether oxygens (including phenoxy) is 2. The molecule has 1 unspecified atom stereocenters. The number of imidazole rings is 1. The van der Waals surface area contributed by atoms with E-state index in [0.717, 1.165) is 25.7 Å². The summed E-state index contributed by atoms with van der Waals surface area (Å²) in [6, 6.07) is 0. The van der Waals surface area contributed by atoms with E-state index in [2.05, 4.69) is 20.0 Å². The predicted molar refractivity (Wildman–Crippen MR) is 127 cm³/mol. The van der Waals surface area contributed by atoms with Gasteiger partial charge in [0.15, 0.2) is 17.6 Å². The number of carbonyl (C=O) groups is 2. The van der Waals surface area contributed by atoms with E-state index in [1.807, 2.05) is 0 Å². The van der Waals surface area contributed by atoms with E-state index in [9.17, 15) is 19.3 Å². The molecule has 3 atom stereocenters. The summed E-state index contributed by atoms with van der Waals surface area (Å²) in [5, 5.41) is 12.0. The molecule has 35 heavy (non-hydrogen) atoms. The molecule has 0 aromatic carbocycles. The standard InChI is InChI=1S/C21H33N6O7P/c1-13(9-27-11-25-16-17(22)23-10-24-18(16)27)32-12-35(31,26-21(3,4)20(29)30)34-14(2)19(28)33-15-7-5-6-8-15/h10-11,13-15H,5-9,12H2,1-4H3,(H,26,31)(H,29,30)(H2,22,23,24)/t13-,14+,35?/m1/s1. The third-order valence-electron chi connectivity index (χ3n) is 5.64. The molecule has 194 valence electrons. The van der Waals surface area contributed by atoms with Gasteiger partial charge in [-0.25, -0.2) is 24.8 Å². The highest BCUT2D eigenvalue weighted by molar-refractivity contribution is 7.56. The highest BCUT2D eigenvalue weighted by atomic mass is 31.2. The Kier molecular flexibility index (Phi) is 8.47. The molecule has 1 saturated carbocycles. The van der Waals surface area contributed by atoms with Gasteiger partial charge in [0.2, 0.25) is 0 Å². The molecule has 1 fully saturated rings. The van der Waals surface area contributed by atoms with Crippen LogP contribution in [0.25, 0.3) is 11.2 Å². The maximum atomic E-state index is 13.7. The average molecular weight is 513 g/mol. The summed E-state index contributed by atoms with van der Waals surface area (Å²) < 4.78 is 32.2. The van der Waals surface area contributed by atoms with Crippen LogP contribution in [0.15, 0.2) is 12.7 Å². The van der Waals surface area contributed by atoms with Crippen molar-refractivity contribution in [3.05, 3.63) is 12.7 Å². The lowest BCUT2D eigenvalue weighted by Gasteiger charge is -2.30. The highest BCUT2D eigenvalue weighted by Crippen LogP contribution is 2.46. The van der Waals surface area contributed by atoms with Crippen LogP contribution in [0.2, 0.25) is 0 Å². The summed E-state index contributed by atoms with van der Waals surface area (Å²) in [5.41, 5.74) is 5.18. The van der Waals surface area contributed by atoms with Crippen LogP contribution in [0, 0.1) is 0 Å². The van der Waals surface area contributed by atoms with Crippen molar-refractivity contribution >= 4 is 36.4 Å². The Hall–Kier alpha value is -2.60. The van der Waals surface area contributed by atoms with Gasteiger partial charge in [-0.2, -0.15) is 0 Å². The number of esters is 1. The number of nitrogens with two attached hydrogens (primary N) is 1. The van der Waals surface area contributed by atoms with Gasteiger partial charge in [-0.05, 0) is 53.4 Å². The first-order chi connectivity index (χ1) is 16.4. The number of aromatic nitrogens is 4. The largest absolute Gasteiger partial charge is 0.480 e. The first-order valence-electron chi connectivity index (χ1n) is 11.4. The molecular formula is C21H33N6O7P. The molecule has 3 rings (SSSR count). The number of anilines is 1. The first-order valence-corrected chi connectivity index (χ1v) is 13.2. The number of hydrogen-bond acceptors (Lipinski definition) is 10. The highest BCUT2D eigenvalue weighted by Gasteiger charge is 2.40. The normalized spacial score (nSPS) is 18.3. The van der Waals surface area contributed by atoms with E-state index >= 15 is 0 Å². The van der Waals surface area contributed by atoms with E-state index in [-0.39, 0.29) is 18.5 Å². The Morgan fingerprint density at radius 3 is 2.63 bits per heavy atom. The lowest BCUT2D eigenvalue weighted by molar-refractivity contribution is -0.156. The summed E-state index contributed by atoms with van der Waals surface area (Å²) in [6.07, 6.45) is 4.04. The van der Waals surface area contributed by atoms with Gasteiger partial charge in [-0.3, -0.25) is 9.36 Å². The van der Waals surface area contributed by atoms with Crippen LogP contribution in [0.5, 0.6) is 0 Å². The van der Waals surface area contributed by atoms with Crippen LogP contribution in [0.4, 0.5) is 5.82 Å². The lowest BCUT2D eigenvalue weighted by atomic mass is 10.1. The first kappa shape index (κ1) is 27.0. The molecular weight excluding hydrogens is 479 g/mol. The van der Waals surface area contributed by atoms with Crippen LogP contribution in [0.1, 0.15) is 53.4 Å². The number of carboxylic acids is 1. The summed E-state index contributed by atoms with van der Waals surface area (Å²) >= 11 is 0. The van der Waals surface area contributed by atoms with Crippen LogP contribution >= 0.6 is 7.52 Å². The maximum absolute atomic E-state index is 13.7. The average Bonchev–Trinajstić information content (AvgIpc) is 3.43. The van der Waals surface area contributed by atoms with Gasteiger partial charge in [-0.1, -0.05) is 0 Å². The fourth-order valence-corrected chi connectivity index (χ4v) is 5.89. The number of nitrogens with one attached hydrogen (secondary N) is 1. The molecule has 1 aliphatic carbocycles. The maximum Gasteiger partial charge on any atom is 0.335 e. The Balaban J connectivity index is 1.68. The summed E-state index contributed by atoms with van der Waals surface area (Å²) in [6.45, 7) is 6.13. The molecule has 0 spiro atoms. The van der Waals surface area contributed by atoms with E-state index in [0.29, 0.717) is 11.2 Å². The van der Waals surface area contributed by atoms with Crippen molar-refractivity contribution in [2.24, 2.45) is 0 Å². The number of hydrogen-bond donors (Lipinski definition) is 3. The Morgan fingerprint density at radius 1 is 1.29 bits per heavy atom. The molecule has 13 nitrogen and oxygen atoms in total. The lowest BCUT2D eigenvalue weighted by Crippen LogP contribution is -2.46. The molecule has 0 amide bonds. The van der Waals surface area contributed by atoms with E-state index in [1.165, 1.54) is 27.1 Å². The zero-order valence-corrected chi connectivity index (χ0v) is 21.2. The second kappa shape index (κ2) is 11.0. The Bertz CT molecular complexity index is 1100. The van der Waals surface area contributed by atoms with Gasteiger partial charge in [0.05, 0.1) is 19.0 Å². The van der Waals surface area contributed by atoms with Gasteiger partial charge >= 0.3 is 11.9 Å². The summed E-state index contributed by atoms with van der Waals surface area (Å²) in [4.78, 5) is 36.4. The van der Waals surface area contributed by atoms with E-state index in [4.69, 9.17) is 19.7 Å². The number of aliphatic carboxylic acids is 1. The SMILES string of the molecule is C[C@H](Cn1cnc2c(N)ncnc21)OCP(=O)(NC(C)(C)C(=O)O)O[C@@H](C)C(=O)OC1CCCC1. The van der Waals surface area contributed by atoms with E-state index < -0.39 is 43.6 Å². The molecule has 2 heterocycles. The van der Waals surface area contributed by atoms with Crippen LogP contribution < -0.4 is 10.8 Å². The molecule has 0 aliphatic heterocycles. The van der Waals surface area contributed by atoms with Gasteiger partial charge in [0.25, 0.3) is 7.52 Å². The number of rotatable bonds is 12. The van der Waals surface area contributed by atoms with Gasteiger partial charge in [0.1, 0.15) is 29.8 Å². The number of nitrogens with zero attached hydrogens (tertiary/aromatic N) is 4. The van der Waals surface area contributed by atoms with Crippen molar-refractivity contribution in [3.8, 4) is 0 Å². The van der Waals surface area contributed by atoms with E-state index in [1.54, 1.807) is 17.8 Å². The van der Waals surface area contributed by atoms with Gasteiger partial charge in [0, 0.05) is 0 Å². The minimum absolute atomic E-state index is 0.185. The molecule has 0 radical (unpaired) electrons. The number of carbonyl (C=O) groups excluding carboxylic acids is 1. The predicted octanol–water partition coefficient (Wildman–Crippen LogP) is 2.31. The number of fused-ring (bicyclic) bond motifs is 1. The summed E-state index contributed by atoms with van der Waals surface area (Å²) in [5.74, 6) is -1.64. The molecule has 0 bridgehead atoms. The zero-order chi connectivity index (χ0) is 25.8. The third kappa shape index (κ3) is 6.97.